The number of likely N-dealkylation sites (N-methyl/N-ethyl adjacent to an activating group) is 1. The molecule has 1 rings (SSSR count). The highest BCUT2D eigenvalue weighted by atomic mass is 16.5. The van der Waals surface area contributed by atoms with E-state index in [0.717, 1.165) is 6.21 Å². The highest BCUT2D eigenvalue weighted by Crippen LogP contribution is 2.18. The molecule has 4 N–H and O–H groups in total. The highest BCUT2D eigenvalue weighted by Gasteiger charge is 2.11. The van der Waals surface area contributed by atoms with Crippen LogP contribution in [0.25, 0.3) is 5.70 Å². The summed E-state index contributed by atoms with van der Waals surface area (Å²) in [5.41, 5.74) is 6.88. The third-order valence-electron chi connectivity index (χ3n) is 2.29. The molecule has 0 aliphatic heterocycles. The molecule has 0 aliphatic carbocycles. The van der Waals surface area contributed by atoms with Crippen molar-refractivity contribution in [3.63, 3.8) is 0 Å². The zero-order valence-electron chi connectivity index (χ0n) is 9.78. The number of hydrogen-bond donors (Lipinski definition) is 3. The molecule has 0 radical (unpaired) electrons. The van der Waals surface area contributed by atoms with E-state index in [0.29, 0.717) is 11.3 Å². The molecule has 0 spiro atoms. The van der Waals surface area contributed by atoms with Gasteiger partial charge in [0.05, 0.1) is 18.4 Å². The van der Waals surface area contributed by atoms with Crippen molar-refractivity contribution in [2.45, 2.75) is 0 Å². The lowest BCUT2D eigenvalue weighted by Crippen LogP contribution is -2.23. The van der Waals surface area contributed by atoms with Crippen molar-refractivity contribution in [1.82, 2.24) is 5.32 Å². The normalized spacial score (nSPS) is 11.4. The summed E-state index contributed by atoms with van der Waals surface area (Å²) in [5, 5.41) is 9.65. The first-order chi connectivity index (χ1) is 8.13. The van der Waals surface area contributed by atoms with Crippen LogP contribution in [0.1, 0.15) is 5.56 Å². The molecule has 0 atom stereocenters. The van der Waals surface area contributed by atoms with Crippen molar-refractivity contribution in [3.05, 3.63) is 35.4 Å². The molecule has 5 heteroatoms. The Labute approximate surface area is 99.8 Å². The summed E-state index contributed by atoms with van der Waals surface area (Å²) in [4.78, 5) is 11.5. The number of carbonyl (C=O) groups is 1. The van der Waals surface area contributed by atoms with E-state index in [4.69, 9.17) is 15.9 Å². The van der Waals surface area contributed by atoms with Gasteiger partial charge < -0.3 is 21.2 Å². The van der Waals surface area contributed by atoms with Crippen LogP contribution >= 0.6 is 0 Å². The van der Waals surface area contributed by atoms with E-state index in [-0.39, 0.29) is 17.2 Å². The predicted molar refractivity (Wildman–Crippen MR) is 67.0 cm³/mol. The molecule has 1 amide bonds. The zero-order chi connectivity index (χ0) is 12.8. The minimum atomic E-state index is -0.389. The quantitative estimate of drug-likeness (QED) is 0.530. The number of carbonyl (C=O) groups excluding carboxylic acids is 1. The topological polar surface area (TPSA) is 88.2 Å². The molecule has 1 aromatic carbocycles. The summed E-state index contributed by atoms with van der Waals surface area (Å²) >= 11 is 0. The van der Waals surface area contributed by atoms with Crippen molar-refractivity contribution in [2.75, 3.05) is 14.2 Å². The number of benzene rings is 1. The van der Waals surface area contributed by atoms with Crippen molar-refractivity contribution < 1.29 is 9.53 Å². The van der Waals surface area contributed by atoms with Gasteiger partial charge in [0, 0.05) is 18.8 Å². The van der Waals surface area contributed by atoms with Crippen LogP contribution in [0.4, 0.5) is 0 Å². The van der Waals surface area contributed by atoms with Crippen LogP contribution in [0.2, 0.25) is 0 Å². The summed E-state index contributed by atoms with van der Waals surface area (Å²) in [6.07, 6.45) is 0.938. The van der Waals surface area contributed by atoms with E-state index in [9.17, 15) is 4.79 Å². The summed E-state index contributed by atoms with van der Waals surface area (Å²) in [5.74, 6) is 0.256. The molecule has 0 fully saturated rings. The van der Waals surface area contributed by atoms with E-state index in [1.165, 1.54) is 7.05 Å². The summed E-state index contributed by atoms with van der Waals surface area (Å²) in [6, 6.07) is 7.01. The molecule has 0 heterocycles. The Hall–Kier alpha value is -2.30. The van der Waals surface area contributed by atoms with E-state index in [2.05, 4.69) is 5.32 Å². The molecule has 0 aliphatic rings. The molecule has 1 aromatic rings. The Bertz CT molecular complexity index is 467. The maximum Gasteiger partial charge on any atom is 0.254 e. The van der Waals surface area contributed by atoms with Crippen molar-refractivity contribution >= 4 is 17.8 Å². The maximum atomic E-state index is 11.5. The molecular weight excluding hydrogens is 218 g/mol. The van der Waals surface area contributed by atoms with Gasteiger partial charge in [-0.25, -0.2) is 0 Å². The minimum absolute atomic E-state index is 0.126. The van der Waals surface area contributed by atoms with Crippen LogP contribution in [0.5, 0.6) is 5.75 Å². The van der Waals surface area contributed by atoms with Crippen LogP contribution in [0.15, 0.2) is 29.8 Å². The Morgan fingerprint density at radius 3 is 2.76 bits per heavy atom. The second-order valence-corrected chi connectivity index (χ2v) is 3.28. The van der Waals surface area contributed by atoms with E-state index in [1.54, 1.807) is 31.4 Å². The molecule has 0 bridgehead atoms. The predicted octanol–water partition coefficient (Wildman–Crippen LogP) is 0.761. The standard InChI is InChI=1S/C12H15N3O2/c1-15-12(16)10(7-13)11(14)8-4-3-5-9(6-8)17-2/h3-7,13H,14H2,1-2H3,(H,15,16)/b11-10+,13-7?. The maximum absolute atomic E-state index is 11.5. The van der Waals surface area contributed by atoms with Crippen LogP contribution in [0.3, 0.4) is 0 Å². The number of nitrogens with two attached hydrogens (primary N) is 1. The lowest BCUT2D eigenvalue weighted by molar-refractivity contribution is -0.116. The summed E-state index contributed by atoms with van der Waals surface area (Å²) < 4.78 is 5.07. The number of rotatable bonds is 4. The zero-order valence-corrected chi connectivity index (χ0v) is 9.78. The molecule has 0 unspecified atom stereocenters. The van der Waals surface area contributed by atoms with Gasteiger partial charge >= 0.3 is 0 Å². The first-order valence-corrected chi connectivity index (χ1v) is 5.00. The van der Waals surface area contributed by atoms with Gasteiger partial charge in [0.25, 0.3) is 5.91 Å². The van der Waals surface area contributed by atoms with Crippen LogP contribution < -0.4 is 15.8 Å². The smallest absolute Gasteiger partial charge is 0.254 e. The molecule has 0 saturated heterocycles. The average Bonchev–Trinajstić information content (AvgIpc) is 2.39. The molecule has 90 valence electrons. The third-order valence-corrected chi connectivity index (χ3v) is 2.29. The van der Waals surface area contributed by atoms with Crippen molar-refractivity contribution in [3.8, 4) is 5.75 Å². The highest BCUT2D eigenvalue weighted by molar-refractivity contribution is 6.17. The minimum Gasteiger partial charge on any atom is -0.497 e. The van der Waals surface area contributed by atoms with Crippen molar-refractivity contribution in [1.29, 1.82) is 5.41 Å². The van der Waals surface area contributed by atoms with E-state index in [1.807, 2.05) is 0 Å². The number of nitrogens with one attached hydrogen (secondary N) is 2. The largest absolute Gasteiger partial charge is 0.497 e. The molecular formula is C12H15N3O2. The van der Waals surface area contributed by atoms with Gasteiger partial charge in [0.1, 0.15) is 5.75 Å². The lowest BCUT2D eigenvalue weighted by atomic mass is 10.1. The molecule has 0 aromatic heterocycles. The second kappa shape index (κ2) is 5.69. The average molecular weight is 233 g/mol. The van der Waals surface area contributed by atoms with Crippen LogP contribution in [-0.2, 0) is 4.79 Å². The number of methoxy groups -OCH3 is 1. The van der Waals surface area contributed by atoms with E-state index < -0.39 is 0 Å². The van der Waals surface area contributed by atoms with Gasteiger partial charge in [-0.15, -0.1) is 0 Å². The lowest BCUT2D eigenvalue weighted by Gasteiger charge is -2.08. The first kappa shape index (κ1) is 12.8. The third kappa shape index (κ3) is 2.84. The Balaban J connectivity index is 3.24. The molecule has 5 nitrogen and oxygen atoms in total. The number of hydrogen-bond acceptors (Lipinski definition) is 4. The van der Waals surface area contributed by atoms with Gasteiger partial charge in [0.15, 0.2) is 0 Å². The van der Waals surface area contributed by atoms with Crippen LogP contribution in [-0.4, -0.2) is 26.3 Å². The SMILES string of the molecule is CNC(=O)/C(C=N)=C(/N)c1cccc(OC)c1. The fraction of sp³-hybridized carbons (Fsp3) is 0.167. The molecule has 0 saturated carbocycles. The number of amides is 1. The first-order valence-electron chi connectivity index (χ1n) is 5.00. The van der Waals surface area contributed by atoms with Crippen LogP contribution in [0, 0.1) is 5.41 Å². The van der Waals surface area contributed by atoms with Crippen molar-refractivity contribution in [2.24, 2.45) is 5.73 Å². The summed E-state index contributed by atoms with van der Waals surface area (Å²) in [7, 11) is 3.04. The second-order valence-electron chi connectivity index (χ2n) is 3.28. The van der Waals surface area contributed by atoms with Gasteiger partial charge in [-0.3, -0.25) is 4.79 Å². The molecule has 17 heavy (non-hydrogen) atoms. The monoisotopic (exact) mass is 233 g/mol. The Morgan fingerprint density at radius 2 is 2.24 bits per heavy atom. The van der Waals surface area contributed by atoms with Gasteiger partial charge in [0.2, 0.25) is 0 Å². The van der Waals surface area contributed by atoms with Gasteiger partial charge in [-0.1, -0.05) is 12.1 Å². The van der Waals surface area contributed by atoms with Gasteiger partial charge in [-0.05, 0) is 12.1 Å². The fourth-order valence-electron chi connectivity index (χ4n) is 1.35. The number of ether oxygens (including phenoxy) is 1. The summed E-state index contributed by atoms with van der Waals surface area (Å²) in [6.45, 7) is 0. The van der Waals surface area contributed by atoms with E-state index >= 15 is 0 Å². The van der Waals surface area contributed by atoms with Gasteiger partial charge in [-0.2, -0.15) is 0 Å². The Kier molecular flexibility index (Phi) is 4.28. The Morgan fingerprint density at radius 1 is 1.53 bits per heavy atom. The fourth-order valence-corrected chi connectivity index (χ4v) is 1.35.